The molecule has 0 saturated heterocycles. The molecule has 3 rings (SSSR count). The zero-order valence-electron chi connectivity index (χ0n) is 19.7. The van der Waals surface area contributed by atoms with E-state index in [0.717, 1.165) is 5.56 Å². The first-order valence-corrected chi connectivity index (χ1v) is 11.2. The first kappa shape index (κ1) is 24.7. The molecule has 178 valence electrons. The summed E-state index contributed by atoms with van der Waals surface area (Å²) in [4.78, 5) is 28.8. The molecule has 0 radical (unpaired) electrons. The minimum atomic E-state index is -0.828. The third kappa shape index (κ3) is 6.10. The third-order valence-electron chi connectivity index (χ3n) is 5.65. The minimum Gasteiger partial charge on any atom is -0.410 e. The Morgan fingerprint density at radius 2 is 1.91 bits per heavy atom. The highest BCUT2D eigenvalue weighted by molar-refractivity contribution is 6.02. The van der Waals surface area contributed by atoms with Crippen LogP contribution in [0.1, 0.15) is 39.2 Å². The first-order chi connectivity index (χ1) is 15.6. The number of benzene rings is 2. The number of aliphatic hydroxyl groups is 1. The molecule has 0 aliphatic carbocycles. The van der Waals surface area contributed by atoms with E-state index in [-0.39, 0.29) is 17.9 Å². The van der Waals surface area contributed by atoms with Gasteiger partial charge < -0.3 is 25.8 Å². The van der Waals surface area contributed by atoms with E-state index < -0.39 is 11.7 Å². The van der Waals surface area contributed by atoms with Crippen LogP contribution in [0.4, 0.5) is 16.2 Å². The molecule has 2 amide bonds. The Morgan fingerprint density at radius 3 is 2.52 bits per heavy atom. The lowest BCUT2D eigenvalue weighted by Crippen LogP contribution is -2.52. The van der Waals surface area contributed by atoms with Crippen LogP contribution in [0.5, 0.6) is 5.75 Å². The van der Waals surface area contributed by atoms with Gasteiger partial charge in [-0.3, -0.25) is 9.69 Å². The summed E-state index contributed by atoms with van der Waals surface area (Å²) >= 11 is 0. The van der Waals surface area contributed by atoms with Crippen LogP contribution >= 0.6 is 0 Å². The minimum absolute atomic E-state index is 0.0326. The van der Waals surface area contributed by atoms with Crippen molar-refractivity contribution < 1.29 is 19.4 Å². The van der Waals surface area contributed by atoms with Crippen molar-refractivity contribution in [2.75, 3.05) is 36.0 Å². The standard InChI is InChI=1S/C25H34N4O4/c1-17-15-28(24(31)33-21-8-6-5-7-9-21)23-12-19(10-11-22(23)29(17)18(2)30)20(13-26)14-27-16-25(3,4)32/h5-12,17,20,27,32H,13-16,26H2,1-4H3/t17-,20?/m0/s1. The van der Waals surface area contributed by atoms with E-state index in [2.05, 4.69) is 5.32 Å². The fraction of sp³-hybridized carbons (Fsp3) is 0.440. The van der Waals surface area contributed by atoms with E-state index in [1.807, 2.05) is 31.2 Å². The number of anilines is 2. The van der Waals surface area contributed by atoms with Crippen LogP contribution in [-0.2, 0) is 4.79 Å². The number of fused-ring (bicyclic) bond motifs is 1. The Bertz CT molecular complexity index is 974. The highest BCUT2D eigenvalue weighted by Gasteiger charge is 2.35. The zero-order valence-corrected chi connectivity index (χ0v) is 19.7. The SMILES string of the molecule is CC(=O)N1c2ccc(C(CN)CNCC(C)(C)O)cc2N(C(=O)Oc2ccccc2)C[C@@H]1C. The smallest absolute Gasteiger partial charge is 0.410 e. The lowest BCUT2D eigenvalue weighted by Gasteiger charge is -2.40. The zero-order chi connectivity index (χ0) is 24.2. The molecule has 8 nitrogen and oxygen atoms in total. The van der Waals surface area contributed by atoms with Crippen LogP contribution in [0.25, 0.3) is 0 Å². The summed E-state index contributed by atoms with van der Waals surface area (Å²) in [5.41, 5.74) is 7.44. The fourth-order valence-electron chi connectivity index (χ4n) is 4.08. The predicted octanol–water partition coefficient (Wildman–Crippen LogP) is 2.85. The van der Waals surface area contributed by atoms with E-state index in [1.165, 1.54) is 6.92 Å². The maximum absolute atomic E-state index is 13.1. The maximum atomic E-state index is 13.1. The molecular formula is C25H34N4O4. The number of nitrogens with two attached hydrogens (primary N) is 1. The van der Waals surface area contributed by atoms with Gasteiger partial charge in [0.2, 0.25) is 5.91 Å². The summed E-state index contributed by atoms with van der Waals surface area (Å²) in [6.07, 6.45) is -0.501. The molecule has 0 spiro atoms. The molecule has 2 aromatic rings. The van der Waals surface area contributed by atoms with Crippen molar-refractivity contribution in [1.29, 1.82) is 0 Å². The molecule has 8 heteroatoms. The molecule has 1 aliphatic heterocycles. The van der Waals surface area contributed by atoms with Crippen molar-refractivity contribution >= 4 is 23.4 Å². The van der Waals surface area contributed by atoms with E-state index in [9.17, 15) is 14.7 Å². The van der Waals surface area contributed by atoms with Gasteiger partial charge in [-0.2, -0.15) is 0 Å². The molecule has 1 heterocycles. The number of nitrogens with zero attached hydrogens (tertiary/aromatic N) is 2. The van der Waals surface area contributed by atoms with Gasteiger partial charge in [0.05, 0.1) is 23.0 Å². The molecule has 2 aromatic carbocycles. The topological polar surface area (TPSA) is 108 Å². The quantitative estimate of drug-likeness (QED) is 0.594. The average molecular weight is 455 g/mol. The largest absolute Gasteiger partial charge is 0.419 e. The van der Waals surface area contributed by atoms with Gasteiger partial charge in [-0.25, -0.2) is 4.79 Å². The molecule has 0 bridgehead atoms. The van der Waals surface area contributed by atoms with Gasteiger partial charge in [0.15, 0.2) is 0 Å². The normalized spacial score (nSPS) is 16.8. The van der Waals surface area contributed by atoms with E-state index in [4.69, 9.17) is 10.5 Å². The van der Waals surface area contributed by atoms with Gasteiger partial charge in [0, 0.05) is 39.0 Å². The van der Waals surface area contributed by atoms with Crippen LogP contribution in [0.2, 0.25) is 0 Å². The number of para-hydroxylation sites is 1. The Balaban J connectivity index is 1.92. The van der Waals surface area contributed by atoms with Crippen LogP contribution in [0.15, 0.2) is 48.5 Å². The fourth-order valence-corrected chi connectivity index (χ4v) is 4.08. The predicted molar refractivity (Wildman–Crippen MR) is 130 cm³/mol. The van der Waals surface area contributed by atoms with Crippen molar-refractivity contribution in [2.24, 2.45) is 5.73 Å². The molecule has 1 aliphatic rings. The Morgan fingerprint density at radius 1 is 1.21 bits per heavy atom. The molecule has 2 atom stereocenters. The summed E-state index contributed by atoms with van der Waals surface area (Å²) in [7, 11) is 0. The highest BCUT2D eigenvalue weighted by Crippen LogP contribution is 2.38. The third-order valence-corrected chi connectivity index (χ3v) is 5.65. The van der Waals surface area contributed by atoms with E-state index in [1.54, 1.807) is 47.9 Å². The Kier molecular flexibility index (Phi) is 7.73. The van der Waals surface area contributed by atoms with Crippen LogP contribution < -0.4 is 25.6 Å². The van der Waals surface area contributed by atoms with Crippen molar-refractivity contribution in [3.63, 3.8) is 0 Å². The molecule has 33 heavy (non-hydrogen) atoms. The summed E-state index contributed by atoms with van der Waals surface area (Å²) in [6, 6.07) is 14.4. The van der Waals surface area contributed by atoms with Crippen molar-refractivity contribution in [1.82, 2.24) is 5.32 Å². The summed E-state index contributed by atoms with van der Waals surface area (Å²) in [5, 5.41) is 13.2. The molecule has 0 aromatic heterocycles. The molecular weight excluding hydrogens is 420 g/mol. The summed E-state index contributed by atoms with van der Waals surface area (Å²) in [6.45, 7) is 8.61. The molecule has 0 saturated carbocycles. The summed E-state index contributed by atoms with van der Waals surface area (Å²) in [5.74, 6) is 0.335. The van der Waals surface area contributed by atoms with E-state index in [0.29, 0.717) is 43.3 Å². The van der Waals surface area contributed by atoms with Gasteiger partial charge in [0.1, 0.15) is 5.75 Å². The number of carbonyl (C=O) groups is 2. The Hall–Kier alpha value is -2.94. The van der Waals surface area contributed by atoms with Gasteiger partial charge >= 0.3 is 6.09 Å². The second-order valence-electron chi connectivity index (χ2n) is 9.15. The Labute approximate surface area is 195 Å². The number of carbonyl (C=O) groups excluding carboxylic acids is 2. The van der Waals surface area contributed by atoms with Gasteiger partial charge in [-0.05, 0) is 50.6 Å². The second-order valence-corrected chi connectivity index (χ2v) is 9.15. The number of hydrogen-bond acceptors (Lipinski definition) is 6. The lowest BCUT2D eigenvalue weighted by molar-refractivity contribution is -0.117. The van der Waals surface area contributed by atoms with Crippen LogP contribution in [0, 0.1) is 0 Å². The first-order valence-electron chi connectivity index (χ1n) is 11.2. The monoisotopic (exact) mass is 454 g/mol. The number of nitrogens with one attached hydrogen (secondary N) is 1. The number of ether oxygens (including phenoxy) is 1. The van der Waals surface area contributed by atoms with Gasteiger partial charge in [-0.15, -0.1) is 0 Å². The lowest BCUT2D eigenvalue weighted by atomic mass is 9.95. The second kappa shape index (κ2) is 10.3. The number of amides is 2. The molecule has 4 N–H and O–H groups in total. The van der Waals surface area contributed by atoms with Crippen LogP contribution in [0.3, 0.4) is 0 Å². The molecule has 0 fully saturated rings. The number of rotatable bonds is 7. The van der Waals surface area contributed by atoms with Crippen molar-refractivity contribution in [2.45, 2.75) is 45.3 Å². The molecule has 1 unspecified atom stereocenters. The van der Waals surface area contributed by atoms with Gasteiger partial charge in [0.25, 0.3) is 0 Å². The van der Waals surface area contributed by atoms with Crippen molar-refractivity contribution in [3.05, 3.63) is 54.1 Å². The maximum Gasteiger partial charge on any atom is 0.419 e. The highest BCUT2D eigenvalue weighted by atomic mass is 16.6. The van der Waals surface area contributed by atoms with Gasteiger partial charge in [-0.1, -0.05) is 24.3 Å². The summed E-state index contributed by atoms with van der Waals surface area (Å²) < 4.78 is 5.60. The van der Waals surface area contributed by atoms with Crippen molar-refractivity contribution in [3.8, 4) is 5.75 Å². The van der Waals surface area contributed by atoms with E-state index >= 15 is 0 Å². The van der Waals surface area contributed by atoms with Crippen LogP contribution in [-0.4, -0.2) is 54.9 Å². The average Bonchev–Trinajstić information content (AvgIpc) is 2.75. The number of hydrogen-bond donors (Lipinski definition) is 3.